The first-order chi connectivity index (χ1) is 15.4. The zero-order chi connectivity index (χ0) is 24.2. The van der Waals surface area contributed by atoms with Gasteiger partial charge in [-0.3, -0.25) is 9.78 Å². The first kappa shape index (κ1) is 24.2. The van der Waals surface area contributed by atoms with Gasteiger partial charge in [0.2, 0.25) is 11.1 Å². The van der Waals surface area contributed by atoms with Crippen molar-refractivity contribution >= 4 is 29.4 Å². The molecule has 0 aliphatic rings. The van der Waals surface area contributed by atoms with E-state index >= 15 is 0 Å². The van der Waals surface area contributed by atoms with Gasteiger partial charge in [-0.05, 0) is 45.0 Å². The molecule has 1 aromatic carbocycles. The number of pyridine rings is 1. The number of anilines is 1. The van der Waals surface area contributed by atoms with Crippen LogP contribution in [-0.4, -0.2) is 43.1 Å². The summed E-state index contributed by atoms with van der Waals surface area (Å²) in [5.41, 5.74) is -1.47. The summed E-state index contributed by atoms with van der Waals surface area (Å²) in [6.07, 6.45) is -4.61. The van der Waals surface area contributed by atoms with Crippen LogP contribution < -0.4 is 5.32 Å². The van der Waals surface area contributed by atoms with Crippen molar-refractivity contribution in [3.63, 3.8) is 0 Å². The van der Waals surface area contributed by atoms with E-state index in [1.165, 1.54) is 6.07 Å². The minimum Gasteiger partial charge on any atom is -0.443 e. The van der Waals surface area contributed by atoms with Crippen molar-refractivity contribution in [3.05, 3.63) is 54.4 Å². The number of hydrogen-bond donors (Lipinski definition) is 1. The van der Waals surface area contributed by atoms with Crippen LogP contribution in [0.5, 0.6) is 0 Å². The number of nitrogens with zero attached hydrogens (tertiary/aromatic N) is 4. The number of ether oxygens (including phenoxy) is 1. The van der Waals surface area contributed by atoms with Gasteiger partial charge in [-0.2, -0.15) is 13.2 Å². The highest BCUT2D eigenvalue weighted by Gasteiger charge is 2.33. The second-order valence-electron chi connectivity index (χ2n) is 7.75. The van der Waals surface area contributed by atoms with Gasteiger partial charge in [0.25, 0.3) is 0 Å². The van der Waals surface area contributed by atoms with Crippen molar-refractivity contribution in [2.24, 2.45) is 0 Å². The maximum absolute atomic E-state index is 13.1. The molecule has 1 N–H and O–H groups in total. The van der Waals surface area contributed by atoms with Gasteiger partial charge < -0.3 is 10.1 Å². The molecular weight excluding hydrogens is 459 g/mol. The maximum Gasteiger partial charge on any atom is 0.433 e. The highest BCUT2D eigenvalue weighted by atomic mass is 32.2. The van der Waals surface area contributed by atoms with Gasteiger partial charge in [0.1, 0.15) is 11.3 Å². The van der Waals surface area contributed by atoms with Gasteiger partial charge in [0, 0.05) is 17.4 Å². The Morgan fingerprint density at radius 1 is 1.09 bits per heavy atom. The minimum absolute atomic E-state index is 0.00664. The Labute approximate surface area is 191 Å². The lowest BCUT2D eigenvalue weighted by atomic mass is 10.2. The zero-order valence-electron chi connectivity index (χ0n) is 17.9. The molecule has 3 rings (SSSR count). The normalized spacial score (nSPS) is 11.8. The molecule has 0 aliphatic carbocycles. The summed E-state index contributed by atoms with van der Waals surface area (Å²) in [5.74, 6) is -0.655. The topological polar surface area (TPSA) is 99.0 Å². The molecule has 3 aromatic rings. The predicted octanol–water partition coefficient (Wildman–Crippen LogP) is 4.87. The van der Waals surface area contributed by atoms with E-state index in [9.17, 15) is 22.8 Å². The van der Waals surface area contributed by atoms with Crippen molar-refractivity contribution in [2.75, 3.05) is 11.1 Å². The second-order valence-corrected chi connectivity index (χ2v) is 8.69. The average molecular weight is 479 g/mol. The number of thioether (sulfide) groups is 1. The SMILES string of the molecule is CC(C)(C)OC(=O)n1c(SCC(=O)Nc2ccccc2)nnc1-c1ccnc(C(F)(F)F)c1. The van der Waals surface area contributed by atoms with Gasteiger partial charge in [-0.1, -0.05) is 30.0 Å². The summed E-state index contributed by atoms with van der Waals surface area (Å²) >= 11 is 0.893. The summed E-state index contributed by atoms with van der Waals surface area (Å²) in [6, 6.07) is 10.8. The van der Waals surface area contributed by atoms with Crippen molar-refractivity contribution in [3.8, 4) is 11.4 Å². The van der Waals surface area contributed by atoms with Gasteiger partial charge in [0.15, 0.2) is 5.82 Å². The number of halogens is 3. The third-order valence-corrected chi connectivity index (χ3v) is 4.84. The smallest absolute Gasteiger partial charge is 0.433 e. The summed E-state index contributed by atoms with van der Waals surface area (Å²) in [6.45, 7) is 4.93. The number of rotatable bonds is 5. The maximum atomic E-state index is 13.1. The molecule has 33 heavy (non-hydrogen) atoms. The van der Waals surface area contributed by atoms with Gasteiger partial charge in [-0.25, -0.2) is 9.36 Å². The van der Waals surface area contributed by atoms with Crippen LogP contribution in [0.4, 0.5) is 23.7 Å². The summed E-state index contributed by atoms with van der Waals surface area (Å²) in [4.78, 5) is 28.5. The molecule has 1 amide bonds. The zero-order valence-corrected chi connectivity index (χ0v) is 18.7. The Balaban J connectivity index is 1.90. The molecule has 0 aliphatic heterocycles. The molecule has 0 unspecified atom stereocenters. The molecule has 0 bridgehead atoms. The molecule has 0 fully saturated rings. The van der Waals surface area contributed by atoms with Crippen molar-refractivity contribution < 1.29 is 27.5 Å². The molecule has 2 aromatic heterocycles. The Bertz CT molecular complexity index is 1140. The molecular formula is C21H20F3N5O3S. The standard InChI is InChI=1S/C21H20F3N5O3S/c1-20(2,3)32-19(31)29-17(13-9-10-25-15(11-13)21(22,23)24)27-28-18(29)33-12-16(30)26-14-7-5-4-6-8-14/h4-11H,12H2,1-3H3,(H,26,30). The third kappa shape index (κ3) is 6.54. The molecule has 0 saturated heterocycles. The van der Waals surface area contributed by atoms with E-state index in [0.29, 0.717) is 5.69 Å². The minimum atomic E-state index is -4.68. The first-order valence-electron chi connectivity index (χ1n) is 9.64. The largest absolute Gasteiger partial charge is 0.443 e. The highest BCUT2D eigenvalue weighted by Crippen LogP contribution is 2.31. The first-order valence-corrected chi connectivity index (χ1v) is 10.6. The number of aromatic nitrogens is 4. The lowest BCUT2D eigenvalue weighted by Crippen LogP contribution is -2.28. The Kier molecular flexibility index (Phi) is 7.06. The van der Waals surface area contributed by atoms with Crippen molar-refractivity contribution in [2.45, 2.75) is 37.7 Å². The van der Waals surface area contributed by atoms with Crippen LogP contribution in [0.15, 0.2) is 53.8 Å². The van der Waals surface area contributed by atoms with E-state index in [1.807, 2.05) is 0 Å². The Hall–Kier alpha value is -3.41. The number of alkyl halides is 3. The molecule has 0 atom stereocenters. The van der Waals surface area contributed by atoms with Crippen molar-refractivity contribution in [1.82, 2.24) is 19.7 Å². The quantitative estimate of drug-likeness (QED) is 0.521. The summed E-state index contributed by atoms with van der Waals surface area (Å²) < 4.78 is 45.7. The number of carbonyl (C=O) groups is 2. The van der Waals surface area contributed by atoms with Crippen LogP contribution in [0.1, 0.15) is 26.5 Å². The van der Waals surface area contributed by atoms with Gasteiger partial charge >= 0.3 is 12.3 Å². The lowest BCUT2D eigenvalue weighted by molar-refractivity contribution is -0.141. The number of para-hydroxylation sites is 1. The van der Waals surface area contributed by atoms with Crippen LogP contribution >= 0.6 is 11.8 Å². The molecule has 12 heteroatoms. The van der Waals surface area contributed by atoms with Crippen molar-refractivity contribution in [1.29, 1.82) is 0 Å². The Morgan fingerprint density at radius 2 is 1.79 bits per heavy atom. The number of hydrogen-bond acceptors (Lipinski definition) is 7. The van der Waals surface area contributed by atoms with Gasteiger partial charge in [0.05, 0.1) is 5.75 Å². The van der Waals surface area contributed by atoms with Crippen LogP contribution in [0.25, 0.3) is 11.4 Å². The second kappa shape index (κ2) is 9.61. The fourth-order valence-corrected chi connectivity index (χ4v) is 3.32. The lowest BCUT2D eigenvalue weighted by Gasteiger charge is -2.20. The van der Waals surface area contributed by atoms with Crippen LogP contribution in [0, 0.1) is 0 Å². The number of amides is 1. The predicted molar refractivity (Wildman–Crippen MR) is 116 cm³/mol. The average Bonchev–Trinajstić information content (AvgIpc) is 3.15. The van der Waals surface area contributed by atoms with E-state index in [-0.39, 0.29) is 28.2 Å². The molecule has 174 valence electrons. The van der Waals surface area contributed by atoms with E-state index in [1.54, 1.807) is 51.1 Å². The van der Waals surface area contributed by atoms with E-state index in [2.05, 4.69) is 20.5 Å². The fourth-order valence-electron chi connectivity index (χ4n) is 2.60. The molecule has 8 nitrogen and oxygen atoms in total. The fraction of sp³-hybridized carbons (Fsp3) is 0.286. The highest BCUT2D eigenvalue weighted by molar-refractivity contribution is 7.99. The molecule has 0 radical (unpaired) electrons. The monoisotopic (exact) mass is 479 g/mol. The molecule has 2 heterocycles. The van der Waals surface area contributed by atoms with Crippen LogP contribution in [-0.2, 0) is 15.7 Å². The molecule has 0 spiro atoms. The summed E-state index contributed by atoms with van der Waals surface area (Å²) in [7, 11) is 0. The van der Waals surface area contributed by atoms with E-state index in [4.69, 9.17) is 4.74 Å². The van der Waals surface area contributed by atoms with Crippen LogP contribution in [0.2, 0.25) is 0 Å². The van der Waals surface area contributed by atoms with Crippen LogP contribution in [0.3, 0.4) is 0 Å². The molecule has 0 saturated carbocycles. The van der Waals surface area contributed by atoms with E-state index in [0.717, 1.165) is 28.6 Å². The summed E-state index contributed by atoms with van der Waals surface area (Å²) in [5, 5.41) is 10.5. The number of benzene rings is 1. The number of carbonyl (C=O) groups excluding carboxylic acids is 2. The van der Waals surface area contributed by atoms with E-state index < -0.39 is 23.6 Å². The Morgan fingerprint density at radius 3 is 2.42 bits per heavy atom. The third-order valence-electron chi connectivity index (χ3n) is 3.91. The van der Waals surface area contributed by atoms with Gasteiger partial charge in [-0.15, -0.1) is 10.2 Å². The number of nitrogens with one attached hydrogen (secondary N) is 1.